The van der Waals surface area contributed by atoms with Crippen LogP contribution in [0, 0.1) is 0 Å². The van der Waals surface area contributed by atoms with Crippen LogP contribution in [0.3, 0.4) is 0 Å². The summed E-state index contributed by atoms with van der Waals surface area (Å²) in [5.74, 6) is 0. The van der Waals surface area contributed by atoms with E-state index in [1.54, 1.807) is 0 Å². The van der Waals surface area contributed by atoms with Crippen LogP contribution >= 0.6 is 0 Å². The molecule has 0 amide bonds. The van der Waals surface area contributed by atoms with Gasteiger partial charge in [-0.05, 0) is 28.7 Å². The smallest absolute Gasteiger partial charge is 0.00258 e. The molecule has 0 nitrogen and oxygen atoms in total. The van der Waals surface area contributed by atoms with Crippen LogP contribution in [0.15, 0.2) is 60.7 Å². The van der Waals surface area contributed by atoms with Gasteiger partial charge in [0, 0.05) is 0 Å². The predicted octanol–water partition coefficient (Wildman–Crippen LogP) is 5.26. The number of benzene rings is 1. The first-order valence-corrected chi connectivity index (χ1v) is 6.08. The zero-order valence-electron chi connectivity index (χ0n) is 10.7. The Morgan fingerprint density at radius 1 is 0.882 bits per heavy atom. The van der Waals surface area contributed by atoms with Gasteiger partial charge in [0.1, 0.15) is 0 Å². The van der Waals surface area contributed by atoms with Crippen LogP contribution in [0.25, 0.3) is 12.2 Å². The Labute approximate surface area is 105 Å². The van der Waals surface area contributed by atoms with Gasteiger partial charge in [0.2, 0.25) is 0 Å². The second-order valence-corrected chi connectivity index (χ2v) is 3.65. The molecule has 1 aliphatic rings. The molecule has 0 radical (unpaired) electrons. The highest BCUT2D eigenvalue weighted by molar-refractivity contribution is 5.73. The van der Waals surface area contributed by atoms with Crippen LogP contribution in [-0.4, -0.2) is 0 Å². The van der Waals surface area contributed by atoms with Crippen LogP contribution < -0.4 is 0 Å². The van der Waals surface area contributed by atoms with E-state index in [0.29, 0.717) is 0 Å². The molecule has 0 atom stereocenters. The van der Waals surface area contributed by atoms with Gasteiger partial charge >= 0.3 is 0 Å². The van der Waals surface area contributed by atoms with Crippen molar-refractivity contribution in [2.24, 2.45) is 0 Å². The van der Waals surface area contributed by atoms with Gasteiger partial charge in [-0.2, -0.15) is 0 Å². The van der Waals surface area contributed by atoms with E-state index in [1.807, 2.05) is 26.0 Å². The van der Waals surface area contributed by atoms with Crippen molar-refractivity contribution in [3.05, 3.63) is 71.8 Å². The zero-order valence-corrected chi connectivity index (χ0v) is 10.7. The maximum Gasteiger partial charge on any atom is -0.00258 e. The molecular weight excluding hydrogens is 204 g/mol. The number of rotatable bonds is 2. The standard InChI is InChI=1S/C15H14.C2H6/c1-3-12-9-13(4-2)11-15-8-6-5-7-14(15)10-12;1-2/h3-8,10-11H,1-2,9H2;1-2H3. The van der Waals surface area contributed by atoms with Crippen molar-refractivity contribution < 1.29 is 0 Å². The highest BCUT2D eigenvalue weighted by Gasteiger charge is 2.05. The first-order valence-electron chi connectivity index (χ1n) is 6.08. The maximum atomic E-state index is 3.84. The van der Waals surface area contributed by atoms with Gasteiger partial charge in [0.25, 0.3) is 0 Å². The normalized spacial score (nSPS) is 13.1. The van der Waals surface area contributed by atoms with Gasteiger partial charge in [-0.15, -0.1) is 0 Å². The lowest BCUT2D eigenvalue weighted by atomic mass is 10.1. The van der Waals surface area contributed by atoms with Crippen molar-refractivity contribution in [2.45, 2.75) is 20.3 Å². The third-order valence-corrected chi connectivity index (χ3v) is 2.61. The molecule has 17 heavy (non-hydrogen) atoms. The van der Waals surface area contributed by atoms with Crippen molar-refractivity contribution in [2.75, 3.05) is 0 Å². The molecule has 0 heterocycles. The molecule has 1 aromatic carbocycles. The number of fused-ring (bicyclic) bond motifs is 1. The van der Waals surface area contributed by atoms with E-state index in [0.717, 1.165) is 6.42 Å². The Balaban J connectivity index is 0.000000686. The number of hydrogen-bond donors (Lipinski definition) is 0. The van der Waals surface area contributed by atoms with Crippen LogP contribution in [0.1, 0.15) is 31.4 Å². The lowest BCUT2D eigenvalue weighted by Crippen LogP contribution is -1.78. The summed E-state index contributed by atoms with van der Waals surface area (Å²) in [5, 5.41) is 0. The van der Waals surface area contributed by atoms with Crippen molar-refractivity contribution in [3.63, 3.8) is 0 Å². The fraction of sp³-hybridized carbons (Fsp3) is 0.176. The second-order valence-electron chi connectivity index (χ2n) is 3.65. The third-order valence-electron chi connectivity index (χ3n) is 2.61. The minimum Gasteiger partial charge on any atom is -0.0988 e. The van der Waals surface area contributed by atoms with Crippen molar-refractivity contribution in [1.82, 2.24) is 0 Å². The Bertz CT molecular complexity index is 416. The lowest BCUT2D eigenvalue weighted by Gasteiger charge is -1.98. The summed E-state index contributed by atoms with van der Waals surface area (Å²) >= 11 is 0. The molecule has 0 saturated carbocycles. The Hall–Kier alpha value is -1.82. The molecule has 0 aromatic heterocycles. The van der Waals surface area contributed by atoms with Gasteiger partial charge in [0.05, 0.1) is 0 Å². The summed E-state index contributed by atoms with van der Waals surface area (Å²) < 4.78 is 0. The van der Waals surface area contributed by atoms with E-state index >= 15 is 0 Å². The average molecular weight is 224 g/mol. The fourth-order valence-electron chi connectivity index (χ4n) is 1.77. The molecule has 0 aliphatic heterocycles. The predicted molar refractivity (Wildman–Crippen MR) is 78.8 cm³/mol. The average Bonchev–Trinajstić information content (AvgIpc) is 2.59. The zero-order chi connectivity index (χ0) is 12.7. The van der Waals surface area contributed by atoms with Gasteiger partial charge in [-0.3, -0.25) is 0 Å². The van der Waals surface area contributed by atoms with Crippen molar-refractivity contribution in [1.29, 1.82) is 0 Å². The highest BCUT2D eigenvalue weighted by Crippen LogP contribution is 2.26. The summed E-state index contributed by atoms with van der Waals surface area (Å²) in [5.41, 5.74) is 4.99. The minimum absolute atomic E-state index is 0.918. The van der Waals surface area contributed by atoms with Crippen molar-refractivity contribution in [3.8, 4) is 0 Å². The number of hydrogen-bond acceptors (Lipinski definition) is 0. The molecule has 88 valence electrons. The van der Waals surface area contributed by atoms with Gasteiger partial charge < -0.3 is 0 Å². The number of allylic oxidation sites excluding steroid dienone is 4. The van der Waals surface area contributed by atoms with E-state index in [4.69, 9.17) is 0 Å². The summed E-state index contributed by atoms with van der Waals surface area (Å²) in [6, 6.07) is 8.37. The second kappa shape index (κ2) is 6.70. The molecule has 0 spiro atoms. The molecular formula is C17H20. The molecule has 1 aliphatic carbocycles. The first-order chi connectivity index (χ1) is 8.33. The quantitative estimate of drug-likeness (QED) is 0.643. The highest BCUT2D eigenvalue weighted by atomic mass is 14.1. The monoisotopic (exact) mass is 224 g/mol. The Kier molecular flexibility index (Phi) is 5.22. The van der Waals surface area contributed by atoms with Gasteiger partial charge in [0.15, 0.2) is 0 Å². The fourth-order valence-corrected chi connectivity index (χ4v) is 1.77. The SMILES string of the molecule is C=CC1=Cc2ccccc2C=C(C=C)C1.CC. The van der Waals surface area contributed by atoms with Crippen LogP contribution in [0.2, 0.25) is 0 Å². The molecule has 0 N–H and O–H groups in total. The summed E-state index contributed by atoms with van der Waals surface area (Å²) in [6.45, 7) is 11.7. The topological polar surface area (TPSA) is 0 Å². The molecule has 0 unspecified atom stereocenters. The lowest BCUT2D eigenvalue weighted by molar-refractivity contribution is 1.25. The van der Waals surface area contributed by atoms with Crippen LogP contribution in [-0.2, 0) is 0 Å². The summed E-state index contributed by atoms with van der Waals surface area (Å²) in [4.78, 5) is 0. The molecule has 0 saturated heterocycles. The molecule has 0 bridgehead atoms. The molecule has 0 heteroatoms. The molecule has 0 fully saturated rings. The Morgan fingerprint density at radius 2 is 1.29 bits per heavy atom. The largest absolute Gasteiger partial charge is 0.0988 e. The van der Waals surface area contributed by atoms with E-state index < -0.39 is 0 Å². The third kappa shape index (κ3) is 3.32. The van der Waals surface area contributed by atoms with E-state index in [-0.39, 0.29) is 0 Å². The Morgan fingerprint density at radius 3 is 1.65 bits per heavy atom. The first kappa shape index (κ1) is 13.2. The maximum absolute atomic E-state index is 3.84. The van der Waals surface area contributed by atoms with E-state index in [9.17, 15) is 0 Å². The van der Waals surface area contributed by atoms with E-state index in [2.05, 4.69) is 49.6 Å². The minimum atomic E-state index is 0.918. The van der Waals surface area contributed by atoms with Crippen LogP contribution in [0.5, 0.6) is 0 Å². The summed E-state index contributed by atoms with van der Waals surface area (Å²) in [7, 11) is 0. The summed E-state index contributed by atoms with van der Waals surface area (Å²) in [6.07, 6.45) is 9.13. The van der Waals surface area contributed by atoms with Gasteiger partial charge in [-0.1, -0.05) is 75.6 Å². The molecule has 2 rings (SSSR count). The van der Waals surface area contributed by atoms with Crippen LogP contribution in [0.4, 0.5) is 0 Å². The van der Waals surface area contributed by atoms with E-state index in [1.165, 1.54) is 22.3 Å². The van der Waals surface area contributed by atoms with Gasteiger partial charge in [-0.25, -0.2) is 0 Å². The van der Waals surface area contributed by atoms with Crippen molar-refractivity contribution >= 4 is 12.2 Å². The molecule has 1 aromatic rings.